The molecule has 2 heterocycles. The number of carbonyl (C=O) groups excluding carboxylic acids is 1. The largest absolute Gasteiger partial charge is 0.442 e. The first-order valence-corrected chi connectivity index (χ1v) is 5.10. The highest BCUT2D eigenvalue weighted by molar-refractivity contribution is 5.69. The Morgan fingerprint density at radius 3 is 3.07 bits per heavy atom. The SMILES string of the molecule is O=C1NCC(COCC2CCCN2)O1. The molecule has 2 rings (SSSR count). The second-order valence-corrected chi connectivity index (χ2v) is 3.74. The third-order valence-electron chi connectivity index (χ3n) is 2.53. The first-order valence-electron chi connectivity index (χ1n) is 5.10. The van der Waals surface area contributed by atoms with Crippen LogP contribution in [0.2, 0.25) is 0 Å². The van der Waals surface area contributed by atoms with Crippen molar-refractivity contribution in [3.63, 3.8) is 0 Å². The average Bonchev–Trinajstić information content (AvgIpc) is 2.77. The monoisotopic (exact) mass is 200 g/mol. The van der Waals surface area contributed by atoms with Gasteiger partial charge in [0.1, 0.15) is 6.10 Å². The predicted molar refractivity (Wildman–Crippen MR) is 50.1 cm³/mol. The van der Waals surface area contributed by atoms with Crippen LogP contribution < -0.4 is 10.6 Å². The van der Waals surface area contributed by atoms with E-state index >= 15 is 0 Å². The van der Waals surface area contributed by atoms with Crippen LogP contribution in [0.25, 0.3) is 0 Å². The zero-order chi connectivity index (χ0) is 9.80. The van der Waals surface area contributed by atoms with Crippen LogP contribution in [0.1, 0.15) is 12.8 Å². The van der Waals surface area contributed by atoms with E-state index in [1.165, 1.54) is 12.8 Å². The van der Waals surface area contributed by atoms with Gasteiger partial charge in [-0.05, 0) is 19.4 Å². The molecule has 0 aliphatic carbocycles. The topological polar surface area (TPSA) is 59.6 Å². The molecule has 5 nitrogen and oxygen atoms in total. The zero-order valence-electron chi connectivity index (χ0n) is 8.12. The van der Waals surface area contributed by atoms with Crippen LogP contribution in [0.3, 0.4) is 0 Å². The Morgan fingerprint density at radius 1 is 1.50 bits per heavy atom. The number of amides is 1. The molecule has 2 N–H and O–H groups in total. The number of carbonyl (C=O) groups is 1. The summed E-state index contributed by atoms with van der Waals surface area (Å²) in [5, 5.41) is 5.93. The maximum Gasteiger partial charge on any atom is 0.407 e. The highest BCUT2D eigenvalue weighted by atomic mass is 16.6. The van der Waals surface area contributed by atoms with Crippen LogP contribution in [-0.4, -0.2) is 44.5 Å². The fraction of sp³-hybridized carbons (Fsp3) is 0.889. The van der Waals surface area contributed by atoms with Gasteiger partial charge in [0.15, 0.2) is 0 Å². The summed E-state index contributed by atoms with van der Waals surface area (Å²) in [5.74, 6) is 0. The number of alkyl carbamates (subject to hydrolysis) is 1. The quantitative estimate of drug-likeness (QED) is 0.663. The summed E-state index contributed by atoms with van der Waals surface area (Å²) < 4.78 is 10.4. The minimum Gasteiger partial charge on any atom is -0.442 e. The van der Waals surface area contributed by atoms with E-state index in [2.05, 4.69) is 10.6 Å². The molecule has 5 heteroatoms. The minimum absolute atomic E-state index is 0.107. The third kappa shape index (κ3) is 2.59. The predicted octanol–water partition coefficient (Wildman–Crippen LogP) is -0.137. The van der Waals surface area contributed by atoms with E-state index in [-0.39, 0.29) is 12.2 Å². The number of cyclic esters (lactones) is 1. The summed E-state index contributed by atoms with van der Waals surface area (Å²) in [6, 6.07) is 0.486. The number of nitrogens with one attached hydrogen (secondary N) is 2. The summed E-state index contributed by atoms with van der Waals surface area (Å²) in [7, 11) is 0. The van der Waals surface area contributed by atoms with Gasteiger partial charge in [0.2, 0.25) is 0 Å². The van der Waals surface area contributed by atoms with E-state index < -0.39 is 0 Å². The average molecular weight is 200 g/mol. The van der Waals surface area contributed by atoms with Gasteiger partial charge in [-0.15, -0.1) is 0 Å². The van der Waals surface area contributed by atoms with Gasteiger partial charge in [0.25, 0.3) is 0 Å². The molecule has 14 heavy (non-hydrogen) atoms. The van der Waals surface area contributed by atoms with Crippen molar-refractivity contribution < 1.29 is 14.3 Å². The summed E-state index contributed by atoms with van der Waals surface area (Å²) in [5.41, 5.74) is 0. The van der Waals surface area contributed by atoms with Crippen LogP contribution in [0.5, 0.6) is 0 Å². The Balaban J connectivity index is 1.56. The summed E-state index contributed by atoms with van der Waals surface area (Å²) in [4.78, 5) is 10.7. The van der Waals surface area contributed by atoms with Crippen molar-refractivity contribution in [2.75, 3.05) is 26.3 Å². The van der Waals surface area contributed by atoms with Crippen LogP contribution in [0, 0.1) is 0 Å². The lowest BCUT2D eigenvalue weighted by Crippen LogP contribution is -2.29. The molecule has 0 aromatic heterocycles. The second kappa shape index (κ2) is 4.61. The summed E-state index contributed by atoms with van der Waals surface area (Å²) in [6.45, 7) is 2.87. The Labute approximate surface area is 83.1 Å². The molecule has 0 spiro atoms. The molecule has 2 saturated heterocycles. The van der Waals surface area contributed by atoms with Gasteiger partial charge < -0.3 is 20.1 Å². The van der Waals surface area contributed by atoms with E-state index in [4.69, 9.17) is 9.47 Å². The molecular formula is C9H16N2O3. The molecule has 0 aromatic carbocycles. The van der Waals surface area contributed by atoms with E-state index in [0.29, 0.717) is 25.8 Å². The van der Waals surface area contributed by atoms with Crippen molar-refractivity contribution in [2.24, 2.45) is 0 Å². The van der Waals surface area contributed by atoms with Crippen molar-refractivity contribution >= 4 is 6.09 Å². The zero-order valence-corrected chi connectivity index (χ0v) is 8.12. The number of hydrogen-bond acceptors (Lipinski definition) is 4. The molecule has 2 aliphatic heterocycles. The standard InChI is InChI=1S/C9H16N2O3/c12-9-11-4-8(14-9)6-13-5-7-2-1-3-10-7/h7-8,10H,1-6H2,(H,11,12). The van der Waals surface area contributed by atoms with Crippen molar-refractivity contribution in [1.82, 2.24) is 10.6 Å². The lowest BCUT2D eigenvalue weighted by molar-refractivity contribution is 0.0385. The van der Waals surface area contributed by atoms with Gasteiger partial charge in [-0.25, -0.2) is 4.79 Å². The van der Waals surface area contributed by atoms with Crippen LogP contribution in [0.15, 0.2) is 0 Å². The molecule has 0 saturated carbocycles. The lowest BCUT2D eigenvalue weighted by atomic mass is 10.2. The van der Waals surface area contributed by atoms with E-state index in [0.717, 1.165) is 6.54 Å². The van der Waals surface area contributed by atoms with Crippen molar-refractivity contribution in [2.45, 2.75) is 25.0 Å². The molecule has 2 fully saturated rings. The number of ether oxygens (including phenoxy) is 2. The number of hydrogen-bond donors (Lipinski definition) is 2. The second-order valence-electron chi connectivity index (χ2n) is 3.74. The molecule has 80 valence electrons. The van der Waals surface area contributed by atoms with Gasteiger partial charge in [-0.1, -0.05) is 0 Å². The molecule has 2 atom stereocenters. The van der Waals surface area contributed by atoms with Gasteiger partial charge in [-0.2, -0.15) is 0 Å². The Bertz CT molecular complexity index is 204. The van der Waals surface area contributed by atoms with Crippen molar-refractivity contribution in [3.8, 4) is 0 Å². The first-order chi connectivity index (χ1) is 6.84. The van der Waals surface area contributed by atoms with Gasteiger partial charge in [0.05, 0.1) is 19.8 Å². The molecular weight excluding hydrogens is 184 g/mol. The fourth-order valence-electron chi connectivity index (χ4n) is 1.77. The molecule has 0 bridgehead atoms. The van der Waals surface area contributed by atoms with Crippen molar-refractivity contribution in [1.29, 1.82) is 0 Å². The molecule has 2 aliphatic rings. The van der Waals surface area contributed by atoms with Crippen molar-refractivity contribution in [3.05, 3.63) is 0 Å². The van der Waals surface area contributed by atoms with E-state index in [1.807, 2.05) is 0 Å². The molecule has 2 unspecified atom stereocenters. The number of rotatable bonds is 4. The molecule has 1 amide bonds. The lowest BCUT2D eigenvalue weighted by Gasteiger charge is -2.12. The Hall–Kier alpha value is -0.810. The van der Waals surface area contributed by atoms with Crippen LogP contribution in [0.4, 0.5) is 4.79 Å². The maximum atomic E-state index is 10.7. The highest BCUT2D eigenvalue weighted by Crippen LogP contribution is 2.06. The summed E-state index contributed by atoms with van der Waals surface area (Å²) >= 11 is 0. The highest BCUT2D eigenvalue weighted by Gasteiger charge is 2.23. The molecule has 0 aromatic rings. The molecule has 0 radical (unpaired) electrons. The normalized spacial score (nSPS) is 31.6. The maximum absolute atomic E-state index is 10.7. The first kappa shape index (κ1) is 9.73. The smallest absolute Gasteiger partial charge is 0.407 e. The minimum atomic E-state index is -0.336. The fourth-order valence-corrected chi connectivity index (χ4v) is 1.77. The van der Waals surface area contributed by atoms with E-state index in [1.54, 1.807) is 0 Å². The van der Waals surface area contributed by atoms with Gasteiger partial charge >= 0.3 is 6.09 Å². The third-order valence-corrected chi connectivity index (χ3v) is 2.53. The van der Waals surface area contributed by atoms with Crippen LogP contribution in [-0.2, 0) is 9.47 Å². The summed E-state index contributed by atoms with van der Waals surface area (Å²) in [6.07, 6.45) is 1.97. The van der Waals surface area contributed by atoms with E-state index in [9.17, 15) is 4.79 Å². The van der Waals surface area contributed by atoms with Gasteiger partial charge in [0, 0.05) is 6.04 Å². The Morgan fingerprint density at radius 2 is 2.43 bits per heavy atom. The van der Waals surface area contributed by atoms with Gasteiger partial charge in [-0.3, -0.25) is 0 Å². The van der Waals surface area contributed by atoms with Crippen LogP contribution >= 0.6 is 0 Å². The Kier molecular flexibility index (Phi) is 3.21.